The van der Waals surface area contributed by atoms with Gasteiger partial charge in [-0.15, -0.1) is 0 Å². The quantitative estimate of drug-likeness (QED) is 0.0418. The molecule has 9 unspecified atom stereocenters. The average Bonchev–Trinajstić information content (AvgIpc) is 3.65. The Hall–Kier alpha value is -8.54. The number of hydrogen-bond acceptors (Lipinski definition) is 22. The smallest absolute Gasteiger partial charge is 0.331 e. The zero-order valence-electron chi connectivity index (χ0n) is 40.2. The summed E-state index contributed by atoms with van der Waals surface area (Å²) in [5, 5.41) is 62.3. The monoisotopic (exact) mass is 1040 g/mol. The highest BCUT2D eigenvalue weighted by Gasteiger charge is 2.64. The van der Waals surface area contributed by atoms with Gasteiger partial charge in [-0.1, -0.05) is 42.5 Å². The zero-order chi connectivity index (χ0) is 54.2. The Labute approximate surface area is 427 Å². The lowest BCUT2D eigenvalue weighted by Gasteiger charge is -2.44. The number of aliphatic hydroxyl groups is 2. The van der Waals surface area contributed by atoms with Gasteiger partial charge in [0.2, 0.25) is 5.79 Å². The molecule has 0 radical (unpaired) electrons. The van der Waals surface area contributed by atoms with Gasteiger partial charge in [-0.25, -0.2) is 19.2 Å². The number of phenols is 4. The van der Waals surface area contributed by atoms with Gasteiger partial charge < -0.3 is 78.0 Å². The average molecular weight is 1040 g/mol. The highest BCUT2D eigenvalue weighted by Crippen LogP contribution is 2.41. The normalized spacial score (nSPS) is 23.5. The number of benzene rings is 4. The second-order valence-electron chi connectivity index (χ2n) is 16.5. The van der Waals surface area contributed by atoms with E-state index in [2.05, 4.69) is 0 Å². The van der Waals surface area contributed by atoms with Crippen LogP contribution in [0.15, 0.2) is 115 Å². The first-order valence-electron chi connectivity index (χ1n) is 22.7. The second kappa shape index (κ2) is 25.9. The van der Waals surface area contributed by atoms with Crippen LogP contribution < -0.4 is 4.74 Å². The third kappa shape index (κ3) is 16.0. The van der Waals surface area contributed by atoms with Crippen LogP contribution in [0.2, 0.25) is 0 Å². The van der Waals surface area contributed by atoms with Crippen molar-refractivity contribution in [1.82, 2.24) is 0 Å². The summed E-state index contributed by atoms with van der Waals surface area (Å²) in [6.07, 6.45) is -6.19. The number of aliphatic hydroxyl groups excluding tert-OH is 2. The molecule has 2 fully saturated rings. The van der Waals surface area contributed by atoms with Gasteiger partial charge in [0.1, 0.15) is 61.5 Å². The molecular weight excluding hydrogens is 989 g/mol. The van der Waals surface area contributed by atoms with Gasteiger partial charge in [-0.05, 0) is 95.1 Å². The SMILES string of the molecule is COc1cc(/C=C/C(=O)OCC2OC(OC3(COC(=O)/C=C/c4ccc(O)cc4)OC(COC(=O)/C=C/c4ccc(O)cc4)C(OC(C)=O)C3OC(=O)/C=C/c3ccc(O)cc3)C(O)C(O)C2OC(C)=O)ccc1O. The van der Waals surface area contributed by atoms with Crippen molar-refractivity contribution < 1.29 is 107 Å². The molecule has 75 heavy (non-hydrogen) atoms. The van der Waals surface area contributed by atoms with E-state index in [1.807, 2.05) is 0 Å². The lowest BCUT2D eigenvalue weighted by Crippen LogP contribution is -2.64. The minimum absolute atomic E-state index is 0.0261. The first kappa shape index (κ1) is 55.8. The van der Waals surface area contributed by atoms with E-state index in [9.17, 15) is 59.4 Å². The number of phenolic OH excluding ortho intramolecular Hbond substituents is 4. The highest BCUT2D eigenvalue weighted by atomic mass is 16.8. The van der Waals surface area contributed by atoms with Crippen LogP contribution in [0, 0.1) is 0 Å². The van der Waals surface area contributed by atoms with Crippen molar-refractivity contribution in [3.05, 3.63) is 138 Å². The van der Waals surface area contributed by atoms with Crippen LogP contribution in [0.25, 0.3) is 24.3 Å². The van der Waals surface area contributed by atoms with Gasteiger partial charge in [0.15, 0.2) is 36.1 Å². The number of methoxy groups -OCH3 is 1. The molecule has 0 aliphatic carbocycles. The summed E-state index contributed by atoms with van der Waals surface area (Å²) in [7, 11) is 1.33. The third-order valence-electron chi connectivity index (χ3n) is 11.0. The maximum absolute atomic E-state index is 13.8. The highest BCUT2D eigenvalue weighted by molar-refractivity contribution is 5.89. The molecule has 6 rings (SSSR count). The van der Waals surface area contributed by atoms with Crippen LogP contribution >= 0.6 is 0 Å². The Morgan fingerprint density at radius 2 is 0.987 bits per heavy atom. The minimum Gasteiger partial charge on any atom is -0.508 e. The molecule has 2 aliphatic rings. The summed E-state index contributed by atoms with van der Waals surface area (Å²) < 4.78 is 57.1. The topological polar surface area (TPSA) is 316 Å². The predicted molar refractivity (Wildman–Crippen MR) is 258 cm³/mol. The van der Waals surface area contributed by atoms with Crippen LogP contribution in [-0.4, -0.2) is 148 Å². The fourth-order valence-electron chi connectivity index (χ4n) is 7.39. The molecule has 6 N–H and O–H groups in total. The second-order valence-corrected chi connectivity index (χ2v) is 16.5. The van der Waals surface area contributed by atoms with Crippen molar-refractivity contribution in [3.63, 3.8) is 0 Å². The molecule has 0 saturated carbocycles. The molecule has 0 bridgehead atoms. The van der Waals surface area contributed by atoms with E-state index in [1.165, 1.54) is 122 Å². The summed E-state index contributed by atoms with van der Waals surface area (Å²) in [4.78, 5) is 78.7. The van der Waals surface area contributed by atoms with Gasteiger partial charge in [0.25, 0.3) is 0 Å². The van der Waals surface area contributed by atoms with Crippen LogP contribution in [-0.2, 0) is 71.4 Å². The number of hydrogen-bond donors (Lipinski definition) is 6. The molecule has 2 saturated heterocycles. The molecule has 0 amide bonds. The van der Waals surface area contributed by atoms with E-state index >= 15 is 0 Å². The molecular formula is C53H52O22. The number of aromatic hydroxyl groups is 4. The van der Waals surface area contributed by atoms with E-state index < -0.39 is 110 Å². The van der Waals surface area contributed by atoms with E-state index in [0.717, 1.165) is 38.2 Å². The summed E-state index contributed by atoms with van der Waals surface area (Å²) in [5.41, 5.74) is 1.75. The van der Waals surface area contributed by atoms with Gasteiger partial charge in [0, 0.05) is 38.2 Å². The van der Waals surface area contributed by atoms with Gasteiger partial charge in [0.05, 0.1) is 7.11 Å². The Morgan fingerprint density at radius 1 is 0.547 bits per heavy atom. The van der Waals surface area contributed by atoms with E-state index in [1.54, 1.807) is 0 Å². The molecule has 0 spiro atoms. The Morgan fingerprint density at radius 3 is 1.48 bits per heavy atom. The minimum atomic E-state index is -2.77. The van der Waals surface area contributed by atoms with Crippen molar-refractivity contribution >= 4 is 60.1 Å². The standard InChI is InChI=1S/C53H52O22/c1-30(54)70-49-41(27-67-44(61)24-14-35-10-21-39(59)40(26-35)66-3)72-52(48(65)47(49)64)75-53(29-69-45(62)23-12-33-6-17-37(57)18-7-33)51(73-46(63)25-13-34-8-19-38(58)20-9-34)50(71-31(2)55)42(74-53)28-68-43(60)22-11-32-4-15-36(56)16-5-32/h4-26,41-42,47-52,56-59,64-65H,27-29H2,1-3H3/b22-11+,23-12+,24-14+,25-13+. The number of ether oxygens (including phenoxy) is 10. The molecule has 0 aromatic heterocycles. The molecule has 22 heteroatoms. The van der Waals surface area contributed by atoms with Crippen LogP contribution in [0.4, 0.5) is 0 Å². The van der Waals surface area contributed by atoms with Gasteiger partial charge in [-0.3, -0.25) is 9.59 Å². The van der Waals surface area contributed by atoms with Crippen molar-refractivity contribution in [2.75, 3.05) is 26.9 Å². The zero-order valence-corrected chi connectivity index (χ0v) is 40.2. The number of carbonyl (C=O) groups excluding carboxylic acids is 6. The fourth-order valence-corrected chi connectivity index (χ4v) is 7.39. The number of esters is 6. The molecule has 2 heterocycles. The lowest BCUT2D eigenvalue weighted by molar-refractivity contribution is -0.383. The summed E-state index contributed by atoms with van der Waals surface area (Å²) in [5.74, 6) is -9.12. The van der Waals surface area contributed by atoms with Crippen LogP contribution in [0.3, 0.4) is 0 Å². The van der Waals surface area contributed by atoms with Gasteiger partial charge >= 0.3 is 35.8 Å². The molecule has 396 valence electrons. The summed E-state index contributed by atoms with van der Waals surface area (Å²) in [6, 6.07) is 21.3. The third-order valence-corrected chi connectivity index (χ3v) is 11.0. The largest absolute Gasteiger partial charge is 0.508 e. The van der Waals surface area contributed by atoms with Gasteiger partial charge in [-0.2, -0.15) is 0 Å². The number of carbonyl (C=O) groups is 6. The van der Waals surface area contributed by atoms with E-state index in [0.29, 0.717) is 22.3 Å². The van der Waals surface area contributed by atoms with Crippen molar-refractivity contribution in [2.24, 2.45) is 0 Å². The Kier molecular flexibility index (Phi) is 19.3. The lowest BCUT2D eigenvalue weighted by atomic mass is 9.98. The maximum atomic E-state index is 13.8. The molecule has 2 aliphatic heterocycles. The van der Waals surface area contributed by atoms with Crippen LogP contribution in [0.1, 0.15) is 36.1 Å². The molecule has 4 aromatic rings. The van der Waals surface area contributed by atoms with Crippen LogP contribution in [0.5, 0.6) is 28.7 Å². The maximum Gasteiger partial charge on any atom is 0.331 e. The predicted octanol–water partition coefficient (Wildman–Crippen LogP) is 3.63. The molecule has 4 aromatic carbocycles. The molecule has 9 atom stereocenters. The Balaban J connectivity index is 1.36. The van der Waals surface area contributed by atoms with Crippen molar-refractivity contribution in [1.29, 1.82) is 0 Å². The Bertz CT molecular complexity index is 2770. The summed E-state index contributed by atoms with van der Waals surface area (Å²) >= 11 is 0. The van der Waals surface area contributed by atoms with Crippen molar-refractivity contribution in [2.45, 2.75) is 68.7 Å². The van der Waals surface area contributed by atoms with Crippen molar-refractivity contribution in [3.8, 4) is 28.7 Å². The number of rotatable bonds is 20. The summed E-state index contributed by atoms with van der Waals surface area (Å²) in [6.45, 7) is -0.712. The first-order chi connectivity index (χ1) is 35.8. The first-order valence-corrected chi connectivity index (χ1v) is 22.7. The molecule has 22 nitrogen and oxygen atoms in total. The van der Waals surface area contributed by atoms with E-state index in [-0.39, 0.29) is 28.7 Å². The van der Waals surface area contributed by atoms with E-state index in [4.69, 9.17) is 47.4 Å². The fraction of sp³-hybridized carbons (Fsp3) is 0.283.